The second-order valence-electron chi connectivity index (χ2n) is 4.53. The second kappa shape index (κ2) is 5.58. The highest BCUT2D eigenvalue weighted by atomic mass is 32.2. The van der Waals surface area contributed by atoms with Gasteiger partial charge in [-0.2, -0.15) is 4.31 Å². The van der Waals surface area contributed by atoms with Crippen LogP contribution in [0.25, 0.3) is 0 Å². The molecule has 1 aromatic rings. The summed E-state index contributed by atoms with van der Waals surface area (Å²) >= 11 is 1.17. The predicted molar refractivity (Wildman–Crippen MR) is 72.9 cm³/mol. The molecule has 0 bridgehead atoms. The Morgan fingerprint density at radius 1 is 1.47 bits per heavy atom. The van der Waals surface area contributed by atoms with Crippen LogP contribution in [0.5, 0.6) is 0 Å². The average molecular weight is 303 g/mol. The van der Waals surface area contributed by atoms with Gasteiger partial charge in [-0.1, -0.05) is 0 Å². The average Bonchev–Trinajstić information content (AvgIpc) is 2.88. The SMILES string of the molecule is NCc1ccc(S(=O)(=O)N2CCCC(C(N)=O)C2)s1. The third-order valence-electron chi connectivity index (χ3n) is 3.22. The van der Waals surface area contributed by atoms with Gasteiger partial charge in [0.1, 0.15) is 4.21 Å². The van der Waals surface area contributed by atoms with E-state index in [2.05, 4.69) is 0 Å². The Morgan fingerprint density at radius 2 is 2.21 bits per heavy atom. The highest BCUT2D eigenvalue weighted by Crippen LogP contribution is 2.28. The first kappa shape index (κ1) is 14.4. The number of primary amides is 1. The Balaban J connectivity index is 2.21. The summed E-state index contributed by atoms with van der Waals surface area (Å²) in [5.74, 6) is -0.828. The quantitative estimate of drug-likeness (QED) is 0.822. The number of rotatable bonds is 4. The number of carbonyl (C=O) groups excluding carboxylic acids is 1. The summed E-state index contributed by atoms with van der Waals surface area (Å²) in [6, 6.07) is 3.28. The third kappa shape index (κ3) is 2.97. The molecule has 1 atom stereocenters. The number of sulfonamides is 1. The molecular formula is C11H17N3O3S2. The molecule has 0 radical (unpaired) electrons. The molecule has 1 aliphatic rings. The Morgan fingerprint density at radius 3 is 2.79 bits per heavy atom. The summed E-state index contributed by atoms with van der Waals surface area (Å²) in [6.45, 7) is 0.930. The minimum Gasteiger partial charge on any atom is -0.369 e. The first-order valence-corrected chi connectivity index (χ1v) is 8.29. The summed E-state index contributed by atoms with van der Waals surface area (Å²) in [5.41, 5.74) is 10.8. The molecule has 2 heterocycles. The molecule has 1 unspecified atom stereocenters. The van der Waals surface area contributed by atoms with E-state index in [1.54, 1.807) is 12.1 Å². The molecule has 8 heteroatoms. The summed E-state index contributed by atoms with van der Waals surface area (Å²) in [6.07, 6.45) is 1.31. The lowest BCUT2D eigenvalue weighted by atomic mass is 9.99. The van der Waals surface area contributed by atoms with Crippen molar-refractivity contribution >= 4 is 27.3 Å². The van der Waals surface area contributed by atoms with Gasteiger partial charge < -0.3 is 11.5 Å². The number of thiophene rings is 1. The van der Waals surface area contributed by atoms with E-state index in [0.717, 1.165) is 4.88 Å². The molecule has 0 aromatic carbocycles. The third-order valence-corrected chi connectivity index (χ3v) is 6.66. The second-order valence-corrected chi connectivity index (χ2v) is 7.86. The van der Waals surface area contributed by atoms with Gasteiger partial charge in [0.2, 0.25) is 5.91 Å². The molecule has 1 saturated heterocycles. The number of amides is 1. The van der Waals surface area contributed by atoms with Gasteiger partial charge in [0.15, 0.2) is 0 Å². The van der Waals surface area contributed by atoms with Crippen molar-refractivity contribution in [3.8, 4) is 0 Å². The minimum absolute atomic E-state index is 0.174. The van der Waals surface area contributed by atoms with Crippen LogP contribution < -0.4 is 11.5 Å². The highest BCUT2D eigenvalue weighted by Gasteiger charge is 2.33. The Kier molecular flexibility index (Phi) is 4.24. The monoisotopic (exact) mass is 303 g/mol. The van der Waals surface area contributed by atoms with Gasteiger partial charge in [0.05, 0.1) is 5.92 Å². The molecule has 1 amide bonds. The van der Waals surface area contributed by atoms with E-state index in [1.807, 2.05) is 0 Å². The van der Waals surface area contributed by atoms with E-state index in [4.69, 9.17) is 11.5 Å². The zero-order valence-electron chi connectivity index (χ0n) is 10.4. The van der Waals surface area contributed by atoms with E-state index in [0.29, 0.717) is 25.9 Å². The summed E-state index contributed by atoms with van der Waals surface area (Å²) in [7, 11) is -3.53. The summed E-state index contributed by atoms with van der Waals surface area (Å²) in [5, 5.41) is 0. The maximum absolute atomic E-state index is 12.4. The number of hydrogen-bond acceptors (Lipinski definition) is 5. The normalized spacial score (nSPS) is 21.4. The molecule has 1 aliphatic heterocycles. The van der Waals surface area contributed by atoms with Crippen LogP contribution in [-0.2, 0) is 21.4 Å². The topological polar surface area (TPSA) is 106 Å². The lowest BCUT2D eigenvalue weighted by Gasteiger charge is -2.29. The molecule has 0 saturated carbocycles. The van der Waals surface area contributed by atoms with E-state index in [9.17, 15) is 13.2 Å². The summed E-state index contributed by atoms with van der Waals surface area (Å²) in [4.78, 5) is 12.0. The smallest absolute Gasteiger partial charge is 0.252 e. The van der Waals surface area contributed by atoms with Crippen LogP contribution in [0.3, 0.4) is 0 Å². The van der Waals surface area contributed by atoms with Crippen LogP contribution >= 0.6 is 11.3 Å². The predicted octanol–water partition coefficient (Wildman–Crippen LogP) is 0.0928. The van der Waals surface area contributed by atoms with Crippen LogP contribution in [0.4, 0.5) is 0 Å². The van der Waals surface area contributed by atoms with Crippen LogP contribution in [-0.4, -0.2) is 31.7 Å². The van der Waals surface area contributed by atoms with Crippen molar-refractivity contribution in [2.45, 2.75) is 23.6 Å². The van der Waals surface area contributed by atoms with E-state index < -0.39 is 21.8 Å². The maximum atomic E-state index is 12.4. The molecule has 0 aliphatic carbocycles. The first-order valence-electron chi connectivity index (χ1n) is 6.03. The van der Waals surface area contributed by atoms with Crippen molar-refractivity contribution in [1.82, 2.24) is 4.31 Å². The molecule has 106 valence electrons. The lowest BCUT2D eigenvalue weighted by Crippen LogP contribution is -2.43. The number of carbonyl (C=O) groups is 1. The number of nitrogens with zero attached hydrogens (tertiary/aromatic N) is 1. The number of piperidine rings is 1. The highest BCUT2D eigenvalue weighted by molar-refractivity contribution is 7.91. The maximum Gasteiger partial charge on any atom is 0.252 e. The minimum atomic E-state index is -3.53. The number of nitrogens with two attached hydrogens (primary N) is 2. The van der Waals surface area contributed by atoms with Gasteiger partial charge in [-0.25, -0.2) is 8.42 Å². The zero-order valence-corrected chi connectivity index (χ0v) is 12.0. The van der Waals surface area contributed by atoms with Crippen molar-refractivity contribution in [3.05, 3.63) is 17.0 Å². The van der Waals surface area contributed by atoms with Gasteiger partial charge >= 0.3 is 0 Å². The van der Waals surface area contributed by atoms with E-state index in [-0.39, 0.29) is 10.8 Å². The van der Waals surface area contributed by atoms with Gasteiger partial charge in [0, 0.05) is 24.5 Å². The Hall–Kier alpha value is -0.960. The van der Waals surface area contributed by atoms with Gasteiger partial charge in [0.25, 0.3) is 10.0 Å². The molecule has 4 N–H and O–H groups in total. The first-order chi connectivity index (χ1) is 8.95. The Labute approximate surface area is 116 Å². The van der Waals surface area contributed by atoms with E-state index in [1.165, 1.54) is 15.6 Å². The van der Waals surface area contributed by atoms with Crippen molar-refractivity contribution < 1.29 is 13.2 Å². The van der Waals surface area contributed by atoms with Gasteiger partial charge in [-0.15, -0.1) is 11.3 Å². The standard InChI is InChI=1S/C11H17N3O3S2/c12-6-9-3-4-10(18-9)19(16,17)14-5-1-2-8(7-14)11(13)15/h3-4,8H,1-2,5-7,12H2,(H2,13,15). The van der Waals surface area contributed by atoms with Crippen LogP contribution in [0.15, 0.2) is 16.3 Å². The number of hydrogen-bond donors (Lipinski definition) is 2. The van der Waals surface area contributed by atoms with Crippen molar-refractivity contribution in [1.29, 1.82) is 0 Å². The fraction of sp³-hybridized carbons (Fsp3) is 0.545. The van der Waals surface area contributed by atoms with Crippen LogP contribution in [0.2, 0.25) is 0 Å². The van der Waals surface area contributed by atoms with Gasteiger partial charge in [-0.3, -0.25) is 4.79 Å². The molecular weight excluding hydrogens is 286 g/mol. The molecule has 6 nitrogen and oxygen atoms in total. The molecule has 0 spiro atoms. The van der Waals surface area contributed by atoms with Crippen molar-refractivity contribution in [2.24, 2.45) is 17.4 Å². The lowest BCUT2D eigenvalue weighted by molar-refractivity contribution is -0.122. The van der Waals surface area contributed by atoms with Crippen molar-refractivity contribution in [3.63, 3.8) is 0 Å². The zero-order chi connectivity index (χ0) is 14.0. The summed E-state index contributed by atoms with van der Waals surface area (Å²) < 4.78 is 26.5. The van der Waals surface area contributed by atoms with E-state index >= 15 is 0 Å². The van der Waals surface area contributed by atoms with Crippen LogP contribution in [0, 0.1) is 5.92 Å². The molecule has 19 heavy (non-hydrogen) atoms. The molecule has 1 aromatic heterocycles. The fourth-order valence-electron chi connectivity index (χ4n) is 2.13. The fourth-order valence-corrected chi connectivity index (χ4v) is 5.04. The van der Waals surface area contributed by atoms with Crippen molar-refractivity contribution in [2.75, 3.05) is 13.1 Å². The molecule has 1 fully saturated rings. The largest absolute Gasteiger partial charge is 0.369 e. The van der Waals surface area contributed by atoms with Gasteiger partial charge in [-0.05, 0) is 25.0 Å². The van der Waals surface area contributed by atoms with Crippen LogP contribution in [0.1, 0.15) is 17.7 Å². The Bertz CT molecular complexity index is 567. The molecule has 2 rings (SSSR count).